The first kappa shape index (κ1) is 41.5. The smallest absolute Gasteiger partial charge is 0.343 e. The summed E-state index contributed by atoms with van der Waals surface area (Å²) in [5.41, 5.74) is 7.75. The Balaban J connectivity index is 0.000000196. The van der Waals surface area contributed by atoms with Gasteiger partial charge >= 0.3 is 13.6 Å². The Hall–Kier alpha value is -2.27. The van der Waals surface area contributed by atoms with Crippen molar-refractivity contribution in [1.29, 1.82) is 0 Å². The van der Waals surface area contributed by atoms with Crippen LogP contribution in [0.2, 0.25) is 5.02 Å². The molecule has 2 aromatic carbocycles. The van der Waals surface area contributed by atoms with Gasteiger partial charge in [0, 0.05) is 53.1 Å². The van der Waals surface area contributed by atoms with Gasteiger partial charge < -0.3 is 20.5 Å². The molecule has 0 aromatic heterocycles. The van der Waals surface area contributed by atoms with Crippen LogP contribution < -0.4 is 10.8 Å². The zero-order chi connectivity index (χ0) is 37.0. The number of allylic oxidation sites excluding steroid dienone is 2. The van der Waals surface area contributed by atoms with Crippen LogP contribution in [-0.4, -0.2) is 77.0 Å². The Kier molecular flexibility index (Phi) is 16.5. The predicted octanol–water partition coefficient (Wildman–Crippen LogP) is 8.23. The van der Waals surface area contributed by atoms with Crippen LogP contribution in [0.25, 0.3) is 0 Å². The second kappa shape index (κ2) is 20.3. The fourth-order valence-corrected chi connectivity index (χ4v) is 9.90. The number of hydrogen-bond acceptors (Lipinski definition) is 7. The SMILES string of the molecule is NC[C@H]1CC[C@H](C(=O)O)CC1.O=C1C(O)=C([C@H]2CC[C@H](c3ccc(Cl)cc3)CC2)C(=O)c2ccccc21.O=P1(N(CCCl)CCCl)NCCCO1. The van der Waals surface area contributed by atoms with E-state index < -0.39 is 19.4 Å². The molecule has 1 heterocycles. The summed E-state index contributed by atoms with van der Waals surface area (Å²) in [6.45, 7) is 3.02. The molecule has 1 saturated heterocycles. The van der Waals surface area contributed by atoms with Crippen LogP contribution in [0.15, 0.2) is 59.9 Å². The number of hydrogen-bond donors (Lipinski definition) is 4. The summed E-state index contributed by atoms with van der Waals surface area (Å²) >= 11 is 17.2. The maximum Gasteiger partial charge on any atom is 0.343 e. The minimum absolute atomic E-state index is 0.0663. The number of fused-ring (bicyclic) bond motifs is 1. The number of carboxylic acids is 1. The molecule has 2 aromatic rings. The quantitative estimate of drug-likeness (QED) is 0.144. The van der Waals surface area contributed by atoms with Gasteiger partial charge in [0.05, 0.1) is 12.5 Å². The van der Waals surface area contributed by atoms with E-state index >= 15 is 0 Å². The average molecular weight is 785 g/mol. The highest BCUT2D eigenvalue weighted by Gasteiger charge is 2.38. The van der Waals surface area contributed by atoms with E-state index in [9.17, 15) is 24.1 Å². The molecular formula is C37H49Cl3N3O7P. The van der Waals surface area contributed by atoms with Gasteiger partial charge in [-0.15, -0.1) is 23.2 Å². The van der Waals surface area contributed by atoms with Gasteiger partial charge in [0.15, 0.2) is 11.5 Å². The minimum Gasteiger partial charge on any atom is -0.504 e. The van der Waals surface area contributed by atoms with Crippen LogP contribution in [0.3, 0.4) is 0 Å². The lowest BCUT2D eigenvalue weighted by molar-refractivity contribution is -0.143. The first-order valence-electron chi connectivity index (χ1n) is 17.7. The third kappa shape index (κ3) is 11.1. The number of rotatable bonds is 9. The maximum absolute atomic E-state index is 12.9. The van der Waals surface area contributed by atoms with E-state index in [1.807, 2.05) is 12.1 Å². The zero-order valence-electron chi connectivity index (χ0n) is 28.8. The molecule has 0 radical (unpaired) electrons. The van der Waals surface area contributed by atoms with Gasteiger partial charge in [0.2, 0.25) is 5.78 Å². The number of nitrogens with two attached hydrogens (primary N) is 1. The van der Waals surface area contributed by atoms with Crippen LogP contribution in [0.5, 0.6) is 0 Å². The van der Waals surface area contributed by atoms with Crippen molar-refractivity contribution in [2.45, 2.75) is 63.7 Å². The number of aliphatic hydroxyl groups is 1. The van der Waals surface area contributed by atoms with Crippen LogP contribution in [-0.2, 0) is 13.9 Å². The first-order chi connectivity index (χ1) is 24.5. The van der Waals surface area contributed by atoms with Crippen LogP contribution in [0, 0.1) is 17.8 Å². The number of aliphatic carboxylic acids is 1. The summed E-state index contributed by atoms with van der Waals surface area (Å²) in [6, 6.07) is 14.6. The lowest BCUT2D eigenvalue weighted by Crippen LogP contribution is -2.35. The Morgan fingerprint density at radius 3 is 1.96 bits per heavy atom. The molecule has 5 N–H and O–H groups in total. The monoisotopic (exact) mass is 783 g/mol. The van der Waals surface area contributed by atoms with Crippen molar-refractivity contribution in [2.24, 2.45) is 23.5 Å². The van der Waals surface area contributed by atoms with Gasteiger partial charge in [0.1, 0.15) is 0 Å². The Bertz CT molecular complexity index is 1540. The Morgan fingerprint density at radius 1 is 0.882 bits per heavy atom. The Morgan fingerprint density at radius 2 is 1.45 bits per heavy atom. The highest BCUT2D eigenvalue weighted by atomic mass is 35.5. The van der Waals surface area contributed by atoms with Gasteiger partial charge in [-0.05, 0) is 99.8 Å². The topological polar surface area (TPSA) is 159 Å². The second-order valence-electron chi connectivity index (χ2n) is 13.3. The first-order valence-corrected chi connectivity index (χ1v) is 20.7. The number of carbonyl (C=O) groups excluding carboxylic acids is 2. The van der Waals surface area contributed by atoms with Crippen molar-refractivity contribution in [1.82, 2.24) is 9.76 Å². The number of halogens is 3. The van der Waals surface area contributed by atoms with Gasteiger partial charge in [-0.25, -0.2) is 9.76 Å². The molecule has 1 aliphatic heterocycles. The number of alkyl halides is 2. The molecule has 280 valence electrons. The summed E-state index contributed by atoms with van der Waals surface area (Å²) in [7, 11) is -2.84. The number of carboxylic acid groups (broad SMARTS) is 1. The standard InChI is InChI=1S/C22H19ClO3.C8H15NO2.C7H15Cl2N2O2P/c23-16-11-9-14(10-12-16)13-5-7-15(8-6-13)19-20(24)17-3-1-2-4-18(17)21(25)22(19)26;9-5-6-1-3-7(4-2-6)8(10)11;8-2-5-11(6-3-9)14(12)10-4-1-7-13-14/h1-4,9-13,15,26H,5-8H2;6-7H,1-5,9H2,(H,10,11);1-7H2,(H,10,12)/t13-,15-;6-,7-;. The highest BCUT2D eigenvalue weighted by Crippen LogP contribution is 2.48. The Labute approximate surface area is 315 Å². The van der Waals surface area contributed by atoms with E-state index in [2.05, 4.69) is 17.2 Å². The summed E-state index contributed by atoms with van der Waals surface area (Å²) in [5, 5.41) is 22.7. The molecule has 1 unspecified atom stereocenters. The van der Waals surface area contributed by atoms with Crippen molar-refractivity contribution in [3.8, 4) is 0 Å². The van der Waals surface area contributed by atoms with E-state index in [0.717, 1.165) is 69.4 Å². The number of ketones is 2. The zero-order valence-corrected chi connectivity index (χ0v) is 31.9. The minimum atomic E-state index is -2.84. The van der Waals surface area contributed by atoms with Gasteiger partial charge in [-0.3, -0.25) is 18.9 Å². The summed E-state index contributed by atoms with van der Waals surface area (Å²) in [6.07, 6.45) is 7.93. The fourth-order valence-electron chi connectivity index (χ4n) is 7.13. The number of aliphatic hydroxyl groups excluding tert-OH is 1. The molecule has 1 atom stereocenters. The van der Waals surface area contributed by atoms with E-state index in [0.29, 0.717) is 66.5 Å². The average Bonchev–Trinajstić information content (AvgIpc) is 3.15. The van der Waals surface area contributed by atoms with E-state index in [4.69, 9.17) is 50.2 Å². The number of nitrogens with zero attached hydrogens (tertiary/aromatic N) is 1. The molecule has 14 heteroatoms. The normalized spacial score (nSPS) is 26.4. The lowest BCUT2D eigenvalue weighted by atomic mass is 9.72. The molecule has 6 rings (SSSR count). The third-order valence-electron chi connectivity index (χ3n) is 10.1. The fraction of sp³-hybridized carbons (Fsp3) is 0.541. The molecule has 10 nitrogen and oxygen atoms in total. The maximum atomic E-state index is 12.9. The predicted molar refractivity (Wildman–Crippen MR) is 202 cm³/mol. The third-order valence-corrected chi connectivity index (χ3v) is 13.0. The molecule has 0 spiro atoms. The number of nitrogens with one attached hydrogen (secondary N) is 1. The van der Waals surface area contributed by atoms with Gasteiger partial charge in [-0.1, -0.05) is 48.0 Å². The number of Topliss-reactive ketones (excluding diaryl/α,β-unsaturated/α-hetero) is 2. The highest BCUT2D eigenvalue weighted by molar-refractivity contribution is 7.54. The second-order valence-corrected chi connectivity index (χ2v) is 16.7. The molecule has 4 aliphatic rings. The molecule has 3 aliphatic carbocycles. The summed E-state index contributed by atoms with van der Waals surface area (Å²) in [4.78, 5) is 35.9. The summed E-state index contributed by atoms with van der Waals surface area (Å²) < 4.78 is 19.2. The van der Waals surface area contributed by atoms with Crippen molar-refractivity contribution in [2.75, 3.05) is 44.5 Å². The van der Waals surface area contributed by atoms with Crippen molar-refractivity contribution in [3.63, 3.8) is 0 Å². The molecule has 2 saturated carbocycles. The van der Waals surface area contributed by atoms with Crippen molar-refractivity contribution < 1.29 is 33.7 Å². The lowest BCUT2D eigenvalue weighted by Gasteiger charge is -2.33. The molecular weight excluding hydrogens is 736 g/mol. The van der Waals surface area contributed by atoms with E-state index in [1.54, 1.807) is 28.9 Å². The van der Waals surface area contributed by atoms with Crippen molar-refractivity contribution in [3.05, 3.63) is 81.6 Å². The van der Waals surface area contributed by atoms with E-state index in [-0.39, 0.29) is 23.4 Å². The molecule has 0 amide bonds. The van der Waals surface area contributed by atoms with Crippen LogP contribution in [0.4, 0.5) is 0 Å². The van der Waals surface area contributed by atoms with Crippen molar-refractivity contribution >= 4 is 60.0 Å². The van der Waals surface area contributed by atoms with E-state index in [1.165, 1.54) is 5.56 Å². The number of carbonyl (C=O) groups is 3. The molecule has 0 bridgehead atoms. The molecule has 51 heavy (non-hydrogen) atoms. The number of benzene rings is 2. The van der Waals surface area contributed by atoms with Gasteiger partial charge in [-0.2, -0.15) is 0 Å². The largest absolute Gasteiger partial charge is 0.504 e. The van der Waals surface area contributed by atoms with Crippen LogP contribution >= 0.6 is 42.5 Å². The van der Waals surface area contributed by atoms with Gasteiger partial charge in [0.25, 0.3) is 0 Å². The van der Waals surface area contributed by atoms with Crippen LogP contribution in [0.1, 0.15) is 90.0 Å². The molecule has 3 fully saturated rings. The summed E-state index contributed by atoms with van der Waals surface area (Å²) in [5.74, 6) is 0.0455.